The summed E-state index contributed by atoms with van der Waals surface area (Å²) in [5, 5.41) is 5.82. The first-order chi connectivity index (χ1) is 9.08. The molecule has 1 unspecified atom stereocenters. The van der Waals surface area contributed by atoms with Gasteiger partial charge in [-0.2, -0.15) is 0 Å². The summed E-state index contributed by atoms with van der Waals surface area (Å²) in [6.07, 6.45) is 0. The van der Waals surface area contributed by atoms with E-state index in [0.717, 1.165) is 21.8 Å². The molecule has 5 heteroatoms. The lowest BCUT2D eigenvalue weighted by Gasteiger charge is -2.10. The molecule has 4 nitrogen and oxygen atoms in total. The lowest BCUT2D eigenvalue weighted by molar-refractivity contribution is -0.122. The van der Waals surface area contributed by atoms with Gasteiger partial charge in [0, 0.05) is 23.2 Å². The lowest BCUT2D eigenvalue weighted by Crippen LogP contribution is -2.37. The van der Waals surface area contributed by atoms with Crippen LogP contribution in [0.5, 0.6) is 0 Å². The molecule has 0 radical (unpaired) electrons. The highest BCUT2D eigenvalue weighted by Crippen LogP contribution is 2.26. The van der Waals surface area contributed by atoms with E-state index in [9.17, 15) is 4.79 Å². The average Bonchev–Trinajstić information content (AvgIpc) is 2.82. The van der Waals surface area contributed by atoms with E-state index in [0.29, 0.717) is 6.54 Å². The molecule has 0 fully saturated rings. The first kappa shape index (κ1) is 13.7. The Morgan fingerprint density at radius 2 is 2.21 bits per heavy atom. The van der Waals surface area contributed by atoms with Crippen LogP contribution in [0, 0.1) is 6.92 Å². The van der Waals surface area contributed by atoms with Crippen LogP contribution in [0.1, 0.15) is 18.2 Å². The number of hydrogen-bond acceptors (Lipinski definition) is 4. The van der Waals surface area contributed by atoms with E-state index in [4.69, 9.17) is 5.73 Å². The molecule has 1 amide bonds. The number of nitrogens with zero attached hydrogens (tertiary/aromatic N) is 1. The maximum atomic E-state index is 11.5. The van der Waals surface area contributed by atoms with E-state index in [1.54, 1.807) is 18.3 Å². The highest BCUT2D eigenvalue weighted by atomic mass is 32.1. The fraction of sp³-hybridized carbons (Fsp3) is 0.286. The number of amides is 1. The summed E-state index contributed by atoms with van der Waals surface area (Å²) in [6, 6.07) is 7.45. The molecule has 3 N–H and O–H groups in total. The van der Waals surface area contributed by atoms with Crippen LogP contribution in [-0.2, 0) is 11.3 Å². The zero-order valence-electron chi connectivity index (χ0n) is 11.0. The molecule has 2 rings (SSSR count). The van der Waals surface area contributed by atoms with Gasteiger partial charge in [-0.3, -0.25) is 4.79 Å². The molecule has 0 aliphatic rings. The Kier molecular flexibility index (Phi) is 4.29. The number of benzene rings is 1. The summed E-state index contributed by atoms with van der Waals surface area (Å²) in [6.45, 7) is 4.11. The van der Waals surface area contributed by atoms with Gasteiger partial charge in [-0.1, -0.05) is 24.3 Å². The van der Waals surface area contributed by atoms with Crippen molar-refractivity contribution in [1.82, 2.24) is 10.3 Å². The highest BCUT2D eigenvalue weighted by molar-refractivity contribution is 7.13. The Balaban J connectivity index is 2.20. The summed E-state index contributed by atoms with van der Waals surface area (Å²) in [5.74, 6) is -0.148. The summed E-state index contributed by atoms with van der Waals surface area (Å²) in [5.41, 5.74) is 8.65. The van der Waals surface area contributed by atoms with Crippen molar-refractivity contribution < 1.29 is 4.79 Å². The van der Waals surface area contributed by atoms with Gasteiger partial charge in [0.1, 0.15) is 5.01 Å². The largest absolute Gasteiger partial charge is 0.351 e. The Morgan fingerprint density at radius 1 is 1.47 bits per heavy atom. The zero-order chi connectivity index (χ0) is 13.8. The number of carbonyl (C=O) groups is 1. The maximum absolute atomic E-state index is 11.5. The molecule has 0 saturated carbocycles. The van der Waals surface area contributed by atoms with Gasteiger partial charge in [0.05, 0.1) is 6.04 Å². The molecule has 0 aliphatic carbocycles. The van der Waals surface area contributed by atoms with Crippen molar-refractivity contribution in [3.63, 3.8) is 0 Å². The second-order valence-electron chi connectivity index (χ2n) is 4.46. The van der Waals surface area contributed by atoms with Crippen LogP contribution in [-0.4, -0.2) is 16.9 Å². The Bertz CT molecular complexity index is 578. The molecule has 100 valence electrons. The standard InChI is InChI=1S/C14H17N3OS/c1-9-8-19-14(17-9)12-6-4-3-5-11(12)7-16-13(18)10(2)15/h3-6,8,10H,7,15H2,1-2H3,(H,16,18). The van der Waals surface area contributed by atoms with Gasteiger partial charge in [0.25, 0.3) is 0 Å². The zero-order valence-corrected chi connectivity index (χ0v) is 11.8. The van der Waals surface area contributed by atoms with Crippen molar-refractivity contribution in [1.29, 1.82) is 0 Å². The maximum Gasteiger partial charge on any atom is 0.236 e. The van der Waals surface area contributed by atoms with E-state index in [-0.39, 0.29) is 5.91 Å². The second-order valence-corrected chi connectivity index (χ2v) is 5.32. The number of nitrogens with one attached hydrogen (secondary N) is 1. The Labute approximate surface area is 116 Å². The molecular weight excluding hydrogens is 258 g/mol. The SMILES string of the molecule is Cc1csc(-c2ccccc2CNC(=O)C(C)N)n1. The topological polar surface area (TPSA) is 68.0 Å². The molecule has 0 saturated heterocycles. The highest BCUT2D eigenvalue weighted by Gasteiger charge is 2.10. The van der Waals surface area contributed by atoms with E-state index in [2.05, 4.69) is 10.3 Å². The second kappa shape index (κ2) is 5.95. The summed E-state index contributed by atoms with van der Waals surface area (Å²) in [4.78, 5) is 16.0. The van der Waals surface area contributed by atoms with E-state index in [1.807, 2.05) is 36.6 Å². The normalized spacial score (nSPS) is 12.2. The number of hydrogen-bond donors (Lipinski definition) is 2. The minimum absolute atomic E-state index is 0.148. The molecule has 1 aromatic carbocycles. The van der Waals surface area contributed by atoms with Gasteiger partial charge in [-0.15, -0.1) is 11.3 Å². The molecule has 0 spiro atoms. The van der Waals surface area contributed by atoms with E-state index >= 15 is 0 Å². The predicted molar refractivity (Wildman–Crippen MR) is 77.8 cm³/mol. The van der Waals surface area contributed by atoms with Crippen LogP contribution in [0.3, 0.4) is 0 Å². The monoisotopic (exact) mass is 275 g/mol. The summed E-state index contributed by atoms with van der Waals surface area (Å²) in [7, 11) is 0. The van der Waals surface area contributed by atoms with E-state index < -0.39 is 6.04 Å². The van der Waals surface area contributed by atoms with Crippen molar-refractivity contribution in [2.45, 2.75) is 26.4 Å². The minimum atomic E-state index is -0.491. The number of carbonyl (C=O) groups excluding carboxylic acids is 1. The van der Waals surface area contributed by atoms with Gasteiger partial charge >= 0.3 is 0 Å². The van der Waals surface area contributed by atoms with Crippen molar-refractivity contribution in [2.24, 2.45) is 5.73 Å². The molecule has 0 aliphatic heterocycles. The minimum Gasteiger partial charge on any atom is -0.351 e. The van der Waals surface area contributed by atoms with E-state index in [1.165, 1.54) is 0 Å². The Hall–Kier alpha value is -1.72. The van der Waals surface area contributed by atoms with Gasteiger partial charge in [-0.05, 0) is 19.4 Å². The number of aromatic nitrogens is 1. The van der Waals surface area contributed by atoms with Gasteiger partial charge in [-0.25, -0.2) is 4.98 Å². The van der Waals surface area contributed by atoms with Gasteiger partial charge in [0.15, 0.2) is 0 Å². The average molecular weight is 275 g/mol. The number of aryl methyl sites for hydroxylation is 1. The van der Waals surface area contributed by atoms with Crippen LogP contribution in [0.15, 0.2) is 29.6 Å². The van der Waals surface area contributed by atoms with Crippen molar-refractivity contribution in [3.05, 3.63) is 40.9 Å². The number of rotatable bonds is 4. The number of thiazole rings is 1. The van der Waals surface area contributed by atoms with Crippen LogP contribution >= 0.6 is 11.3 Å². The van der Waals surface area contributed by atoms with Crippen LogP contribution < -0.4 is 11.1 Å². The molecule has 1 atom stereocenters. The fourth-order valence-electron chi connectivity index (χ4n) is 1.70. The summed E-state index contributed by atoms with van der Waals surface area (Å²) < 4.78 is 0. The van der Waals surface area contributed by atoms with Crippen LogP contribution in [0.25, 0.3) is 10.6 Å². The first-order valence-corrected chi connectivity index (χ1v) is 6.99. The third-order valence-electron chi connectivity index (χ3n) is 2.73. The lowest BCUT2D eigenvalue weighted by atomic mass is 10.1. The smallest absolute Gasteiger partial charge is 0.236 e. The quantitative estimate of drug-likeness (QED) is 0.897. The predicted octanol–water partition coefficient (Wildman–Crippen LogP) is 2.08. The fourth-order valence-corrected chi connectivity index (χ4v) is 2.56. The van der Waals surface area contributed by atoms with Crippen molar-refractivity contribution >= 4 is 17.2 Å². The van der Waals surface area contributed by atoms with Crippen molar-refractivity contribution in [3.8, 4) is 10.6 Å². The van der Waals surface area contributed by atoms with Gasteiger partial charge < -0.3 is 11.1 Å². The third-order valence-corrected chi connectivity index (χ3v) is 3.73. The first-order valence-electron chi connectivity index (χ1n) is 6.11. The van der Waals surface area contributed by atoms with Crippen molar-refractivity contribution in [2.75, 3.05) is 0 Å². The molecule has 19 heavy (non-hydrogen) atoms. The molecule has 2 aromatic rings. The summed E-state index contributed by atoms with van der Waals surface area (Å²) >= 11 is 1.61. The molecule has 0 bridgehead atoms. The molecular formula is C14H17N3OS. The number of nitrogens with two attached hydrogens (primary N) is 1. The van der Waals surface area contributed by atoms with Gasteiger partial charge in [0.2, 0.25) is 5.91 Å². The molecule has 1 aromatic heterocycles. The molecule has 1 heterocycles. The van der Waals surface area contributed by atoms with Crippen LogP contribution in [0.2, 0.25) is 0 Å². The Morgan fingerprint density at radius 3 is 2.84 bits per heavy atom. The van der Waals surface area contributed by atoms with Crippen LogP contribution in [0.4, 0.5) is 0 Å². The third kappa shape index (κ3) is 3.39.